The van der Waals surface area contributed by atoms with Crippen LogP contribution in [0, 0.1) is 0 Å². The van der Waals surface area contributed by atoms with E-state index in [1.54, 1.807) is 17.7 Å². The molecule has 3 rings (SSSR count). The Morgan fingerprint density at radius 3 is 2.89 bits per heavy atom. The molecule has 27 heavy (non-hydrogen) atoms. The van der Waals surface area contributed by atoms with Gasteiger partial charge in [-0.3, -0.25) is 0 Å². The number of anilines is 1. The van der Waals surface area contributed by atoms with Crippen molar-refractivity contribution in [3.05, 3.63) is 65.9 Å². The van der Waals surface area contributed by atoms with Crippen molar-refractivity contribution >= 4 is 22.4 Å². The Kier molecular flexibility index (Phi) is 5.60. The van der Waals surface area contributed by atoms with E-state index in [9.17, 15) is 0 Å². The molecular formula is C22H26N4O. The number of nitrogens with two attached hydrogens (primary N) is 1. The molecule has 0 bridgehead atoms. The monoisotopic (exact) mass is 362 g/mol. The van der Waals surface area contributed by atoms with Gasteiger partial charge in [-0.15, -0.1) is 0 Å². The van der Waals surface area contributed by atoms with Crippen LogP contribution in [0.5, 0.6) is 5.75 Å². The van der Waals surface area contributed by atoms with Gasteiger partial charge in [0.15, 0.2) is 0 Å². The van der Waals surface area contributed by atoms with Gasteiger partial charge in [0.1, 0.15) is 11.3 Å². The lowest BCUT2D eigenvalue weighted by Crippen LogP contribution is -2.03. The highest BCUT2D eigenvalue weighted by Gasteiger charge is 2.13. The SMILES string of the molecule is C=C/C=C\C(Cc1cc2c3cccc(OC)c3nc(N)n2n1)=C(\C)CCC. The average molecular weight is 362 g/mol. The van der Waals surface area contributed by atoms with Crippen molar-refractivity contribution < 1.29 is 4.74 Å². The van der Waals surface area contributed by atoms with Gasteiger partial charge in [0.25, 0.3) is 0 Å². The summed E-state index contributed by atoms with van der Waals surface area (Å²) in [6.07, 6.45) is 8.80. The number of methoxy groups -OCH3 is 1. The summed E-state index contributed by atoms with van der Waals surface area (Å²) < 4.78 is 7.14. The third-order valence-electron chi connectivity index (χ3n) is 4.68. The molecule has 0 fully saturated rings. The smallest absolute Gasteiger partial charge is 0.222 e. The predicted octanol–water partition coefficient (Wildman–Crippen LogP) is 4.87. The van der Waals surface area contributed by atoms with Crippen LogP contribution in [0.1, 0.15) is 32.4 Å². The number of benzene rings is 1. The van der Waals surface area contributed by atoms with E-state index in [0.717, 1.165) is 41.4 Å². The quantitative estimate of drug-likeness (QED) is 0.609. The third kappa shape index (κ3) is 3.72. The third-order valence-corrected chi connectivity index (χ3v) is 4.68. The molecular weight excluding hydrogens is 336 g/mol. The zero-order chi connectivity index (χ0) is 19.4. The van der Waals surface area contributed by atoms with Crippen molar-refractivity contribution in [3.63, 3.8) is 0 Å². The minimum atomic E-state index is 0.352. The second-order valence-corrected chi connectivity index (χ2v) is 6.59. The number of hydrogen-bond donors (Lipinski definition) is 1. The number of nitrogens with zero attached hydrogens (tertiary/aromatic N) is 3. The van der Waals surface area contributed by atoms with Crippen LogP contribution < -0.4 is 10.5 Å². The van der Waals surface area contributed by atoms with Crippen LogP contribution in [0.4, 0.5) is 5.95 Å². The molecule has 0 amide bonds. The summed E-state index contributed by atoms with van der Waals surface area (Å²) in [6.45, 7) is 8.14. The number of para-hydroxylation sites is 1. The first-order valence-electron chi connectivity index (χ1n) is 9.17. The molecule has 5 nitrogen and oxygen atoms in total. The van der Waals surface area contributed by atoms with E-state index in [2.05, 4.69) is 37.6 Å². The van der Waals surface area contributed by atoms with Crippen LogP contribution in [-0.2, 0) is 6.42 Å². The summed E-state index contributed by atoms with van der Waals surface area (Å²) in [5.41, 5.74) is 11.4. The highest BCUT2D eigenvalue weighted by molar-refractivity contribution is 5.97. The fourth-order valence-corrected chi connectivity index (χ4v) is 3.32. The molecule has 0 atom stereocenters. The Labute approximate surface area is 159 Å². The van der Waals surface area contributed by atoms with E-state index >= 15 is 0 Å². The normalized spacial score (nSPS) is 12.7. The number of aromatic nitrogens is 3. The lowest BCUT2D eigenvalue weighted by atomic mass is 10.00. The largest absolute Gasteiger partial charge is 0.494 e. The summed E-state index contributed by atoms with van der Waals surface area (Å²) in [7, 11) is 1.64. The molecule has 0 aliphatic carbocycles. The number of nitrogen functional groups attached to an aromatic ring is 1. The zero-order valence-corrected chi connectivity index (χ0v) is 16.2. The molecule has 0 saturated heterocycles. The van der Waals surface area contributed by atoms with E-state index in [4.69, 9.17) is 15.6 Å². The summed E-state index contributed by atoms with van der Waals surface area (Å²) in [5.74, 6) is 1.06. The Morgan fingerprint density at radius 1 is 1.37 bits per heavy atom. The maximum absolute atomic E-state index is 6.17. The molecule has 2 N–H and O–H groups in total. The van der Waals surface area contributed by atoms with Crippen molar-refractivity contribution in [3.8, 4) is 5.75 Å². The zero-order valence-electron chi connectivity index (χ0n) is 16.2. The highest BCUT2D eigenvalue weighted by Crippen LogP contribution is 2.29. The van der Waals surface area contributed by atoms with Crippen LogP contribution in [0.15, 0.2) is 60.2 Å². The molecule has 3 aromatic rings. The molecule has 140 valence electrons. The number of hydrogen-bond acceptors (Lipinski definition) is 4. The van der Waals surface area contributed by atoms with Crippen LogP contribution >= 0.6 is 0 Å². The second-order valence-electron chi connectivity index (χ2n) is 6.59. The molecule has 0 aliphatic rings. The fourth-order valence-electron chi connectivity index (χ4n) is 3.32. The highest BCUT2D eigenvalue weighted by atomic mass is 16.5. The van der Waals surface area contributed by atoms with Crippen LogP contribution in [0.3, 0.4) is 0 Å². The first-order chi connectivity index (χ1) is 13.1. The van der Waals surface area contributed by atoms with Gasteiger partial charge in [-0.25, -0.2) is 4.98 Å². The maximum Gasteiger partial charge on any atom is 0.222 e. The topological polar surface area (TPSA) is 65.4 Å². The number of ether oxygens (including phenoxy) is 1. The Bertz CT molecular complexity index is 1040. The van der Waals surface area contributed by atoms with Crippen molar-refractivity contribution in [2.45, 2.75) is 33.1 Å². The number of allylic oxidation sites excluding steroid dienone is 5. The molecule has 0 saturated carbocycles. The lowest BCUT2D eigenvalue weighted by Gasteiger charge is -2.07. The Morgan fingerprint density at radius 2 is 2.19 bits per heavy atom. The minimum Gasteiger partial charge on any atom is -0.494 e. The summed E-state index contributed by atoms with van der Waals surface area (Å²) in [6, 6.07) is 7.94. The predicted molar refractivity (Wildman–Crippen MR) is 112 cm³/mol. The van der Waals surface area contributed by atoms with E-state index in [1.165, 1.54) is 11.1 Å². The van der Waals surface area contributed by atoms with Crippen molar-refractivity contribution in [2.75, 3.05) is 12.8 Å². The van der Waals surface area contributed by atoms with Crippen molar-refractivity contribution in [1.29, 1.82) is 0 Å². The van der Waals surface area contributed by atoms with Gasteiger partial charge in [-0.05, 0) is 31.1 Å². The minimum absolute atomic E-state index is 0.352. The van der Waals surface area contributed by atoms with Crippen LogP contribution in [-0.4, -0.2) is 21.7 Å². The van der Waals surface area contributed by atoms with Gasteiger partial charge in [0.05, 0.1) is 18.3 Å². The van der Waals surface area contributed by atoms with E-state index in [-0.39, 0.29) is 0 Å². The van der Waals surface area contributed by atoms with Gasteiger partial charge in [0.2, 0.25) is 5.95 Å². The molecule has 2 heterocycles. The molecule has 0 unspecified atom stereocenters. The van der Waals surface area contributed by atoms with Crippen LogP contribution in [0.25, 0.3) is 16.4 Å². The molecule has 5 heteroatoms. The lowest BCUT2D eigenvalue weighted by molar-refractivity contribution is 0.419. The van der Waals surface area contributed by atoms with Gasteiger partial charge in [0, 0.05) is 11.8 Å². The van der Waals surface area contributed by atoms with Gasteiger partial charge >= 0.3 is 0 Å². The summed E-state index contributed by atoms with van der Waals surface area (Å²) in [4.78, 5) is 4.50. The van der Waals surface area contributed by atoms with Crippen molar-refractivity contribution in [2.24, 2.45) is 0 Å². The van der Waals surface area contributed by atoms with Crippen LogP contribution in [0.2, 0.25) is 0 Å². The summed E-state index contributed by atoms with van der Waals surface area (Å²) >= 11 is 0. The first kappa shape index (κ1) is 18.7. The van der Waals surface area contributed by atoms with Crippen molar-refractivity contribution in [1.82, 2.24) is 14.6 Å². The molecule has 0 spiro atoms. The molecule has 1 aromatic carbocycles. The standard InChI is InChI=1S/C22H26N4O/c1-5-7-10-16(15(3)9-6-2)13-17-14-19-18-11-8-12-20(27-4)21(18)24-22(23)26(19)25-17/h5,7-8,10-12,14H,1,6,9,13H2,2-4H3,(H2,23,24)/b10-7-,16-15+. The fraction of sp³-hybridized carbons (Fsp3) is 0.273. The first-order valence-corrected chi connectivity index (χ1v) is 9.17. The van der Waals surface area contributed by atoms with Gasteiger partial charge in [-0.2, -0.15) is 9.61 Å². The van der Waals surface area contributed by atoms with E-state index in [1.807, 2.05) is 24.3 Å². The second kappa shape index (κ2) is 8.08. The van der Waals surface area contributed by atoms with Gasteiger partial charge in [-0.1, -0.05) is 55.9 Å². The van der Waals surface area contributed by atoms with E-state index in [0.29, 0.717) is 11.7 Å². The maximum atomic E-state index is 6.17. The summed E-state index contributed by atoms with van der Waals surface area (Å²) in [5, 5.41) is 5.67. The number of fused-ring (bicyclic) bond motifs is 3. The average Bonchev–Trinajstić information content (AvgIpc) is 3.09. The van der Waals surface area contributed by atoms with Gasteiger partial charge < -0.3 is 10.5 Å². The molecule has 0 radical (unpaired) electrons. The Balaban J connectivity index is 2.12. The molecule has 2 aromatic heterocycles. The molecule has 0 aliphatic heterocycles. The van der Waals surface area contributed by atoms with E-state index < -0.39 is 0 Å². The number of rotatable bonds is 7. The Hall–Kier alpha value is -3.08.